The van der Waals surface area contributed by atoms with Crippen LogP contribution in [-0.4, -0.2) is 71.6 Å². The summed E-state index contributed by atoms with van der Waals surface area (Å²) in [5, 5.41) is 28.6. The minimum Gasteiger partial charge on any atom is -1.00 e. The third kappa shape index (κ3) is 14.2. The molecule has 0 aromatic carbocycles. The Bertz CT molecular complexity index is 287. The van der Waals surface area contributed by atoms with E-state index in [0.717, 1.165) is 12.8 Å². The predicted octanol–water partition coefficient (Wildman–Crippen LogP) is 0.0660. The Kier molecular flexibility index (Phi) is 20.1. The topological polar surface area (TPSA) is 69.9 Å². The van der Waals surface area contributed by atoms with Crippen molar-refractivity contribution in [3.8, 4) is 0 Å². The molecule has 0 rings (SSSR count). The first kappa shape index (κ1) is 28.3. The van der Waals surface area contributed by atoms with Crippen LogP contribution >= 0.6 is 0 Å². The van der Waals surface area contributed by atoms with Crippen molar-refractivity contribution in [2.45, 2.75) is 90.8 Å². The molecule has 0 aromatic heterocycles. The minimum absolute atomic E-state index is 0. The second-order valence-electron chi connectivity index (χ2n) is 7.50. The van der Waals surface area contributed by atoms with E-state index in [9.17, 15) is 15.3 Å². The molecule has 5 nitrogen and oxygen atoms in total. The van der Waals surface area contributed by atoms with Crippen LogP contribution < -0.4 is 12.4 Å². The van der Waals surface area contributed by atoms with Crippen molar-refractivity contribution in [2.24, 2.45) is 0 Å². The Morgan fingerprint density at radius 1 is 0.885 bits per heavy atom. The second kappa shape index (κ2) is 18.5. The summed E-state index contributed by atoms with van der Waals surface area (Å²) in [7, 11) is 0. The molecule has 0 aliphatic carbocycles. The highest BCUT2D eigenvalue weighted by molar-refractivity contribution is 4.57. The Morgan fingerprint density at radius 2 is 1.42 bits per heavy atom. The quantitative estimate of drug-likeness (QED) is 0.174. The molecule has 160 valence electrons. The number of quaternary nitrogens is 1. The molecule has 2 unspecified atom stereocenters. The van der Waals surface area contributed by atoms with Crippen LogP contribution in [0.15, 0.2) is 0 Å². The number of hydrogen-bond donors (Lipinski definition) is 3. The molecule has 0 spiro atoms. The first-order valence-corrected chi connectivity index (χ1v) is 10.4. The fraction of sp³-hybridized carbons (Fsp3) is 1.00. The van der Waals surface area contributed by atoms with E-state index < -0.39 is 6.10 Å². The molecule has 0 aliphatic rings. The molecular weight excluding hydrogens is 354 g/mol. The van der Waals surface area contributed by atoms with Gasteiger partial charge < -0.3 is 32.5 Å². The smallest absolute Gasteiger partial charge is 0.183 e. The number of rotatable bonds is 18. The van der Waals surface area contributed by atoms with Crippen molar-refractivity contribution in [3.63, 3.8) is 0 Å². The van der Waals surface area contributed by atoms with Crippen molar-refractivity contribution in [1.82, 2.24) is 0 Å². The number of aliphatic hydroxyl groups is 3. The van der Waals surface area contributed by atoms with E-state index in [1.165, 1.54) is 44.9 Å². The maximum absolute atomic E-state index is 9.79. The molecule has 0 amide bonds. The summed E-state index contributed by atoms with van der Waals surface area (Å²) in [6.07, 6.45) is 10.9. The summed E-state index contributed by atoms with van der Waals surface area (Å²) in [6.45, 7) is 8.14. The van der Waals surface area contributed by atoms with Gasteiger partial charge in [-0.15, -0.1) is 0 Å². The van der Waals surface area contributed by atoms with Gasteiger partial charge in [0, 0.05) is 0 Å². The first-order chi connectivity index (χ1) is 12.0. The molecule has 26 heavy (non-hydrogen) atoms. The molecule has 0 radical (unpaired) electrons. The van der Waals surface area contributed by atoms with Crippen LogP contribution in [0.3, 0.4) is 0 Å². The Balaban J connectivity index is 0. The van der Waals surface area contributed by atoms with E-state index in [2.05, 4.69) is 13.8 Å². The van der Waals surface area contributed by atoms with Gasteiger partial charge in [0.05, 0.1) is 19.3 Å². The Morgan fingerprint density at radius 3 is 1.88 bits per heavy atom. The number of aliphatic hydroxyl groups excluding tert-OH is 3. The molecule has 0 saturated carbocycles. The van der Waals surface area contributed by atoms with Gasteiger partial charge in [-0.25, -0.2) is 0 Å². The van der Waals surface area contributed by atoms with Crippen molar-refractivity contribution < 1.29 is 36.9 Å². The third-order valence-electron chi connectivity index (χ3n) is 4.97. The lowest BCUT2D eigenvalue weighted by atomic mass is 10.1. The van der Waals surface area contributed by atoms with Gasteiger partial charge in [0.2, 0.25) is 0 Å². The summed E-state index contributed by atoms with van der Waals surface area (Å²) >= 11 is 0. The van der Waals surface area contributed by atoms with E-state index in [-0.39, 0.29) is 31.7 Å². The summed E-state index contributed by atoms with van der Waals surface area (Å²) in [5.41, 5.74) is 0. The van der Waals surface area contributed by atoms with Gasteiger partial charge in [0.25, 0.3) is 0 Å². The molecule has 0 aliphatic heterocycles. The van der Waals surface area contributed by atoms with Crippen molar-refractivity contribution in [1.29, 1.82) is 0 Å². The molecular formula is C20H44ClNO4. The SMILES string of the molecule is CCCCCCCCCC(CC)OC[N+](CCO)(CCO)CC(C)O.[Cl-]. The number of nitrogens with zero attached hydrogens (tertiary/aromatic N) is 1. The van der Waals surface area contributed by atoms with Crippen LogP contribution in [0.4, 0.5) is 0 Å². The summed E-state index contributed by atoms with van der Waals surface area (Å²) in [6, 6.07) is 0. The summed E-state index contributed by atoms with van der Waals surface area (Å²) in [4.78, 5) is 0. The largest absolute Gasteiger partial charge is 1.00 e. The van der Waals surface area contributed by atoms with Gasteiger partial charge in [-0.2, -0.15) is 0 Å². The lowest BCUT2D eigenvalue weighted by Crippen LogP contribution is -3.00. The predicted molar refractivity (Wildman–Crippen MR) is 103 cm³/mol. The fourth-order valence-electron chi connectivity index (χ4n) is 3.46. The summed E-state index contributed by atoms with van der Waals surface area (Å²) in [5.74, 6) is 0. The van der Waals surface area contributed by atoms with Gasteiger partial charge in [-0.05, 0) is 19.8 Å². The van der Waals surface area contributed by atoms with Crippen molar-refractivity contribution in [3.05, 3.63) is 0 Å². The molecule has 0 heterocycles. The second-order valence-corrected chi connectivity index (χ2v) is 7.50. The monoisotopic (exact) mass is 397 g/mol. The van der Waals surface area contributed by atoms with E-state index in [1.54, 1.807) is 6.92 Å². The van der Waals surface area contributed by atoms with E-state index in [4.69, 9.17) is 4.74 Å². The zero-order valence-corrected chi connectivity index (χ0v) is 18.1. The highest BCUT2D eigenvalue weighted by atomic mass is 35.5. The zero-order chi connectivity index (χ0) is 19.0. The molecule has 2 atom stereocenters. The Labute approximate surface area is 167 Å². The van der Waals surface area contributed by atoms with Gasteiger partial charge in [0.1, 0.15) is 25.7 Å². The van der Waals surface area contributed by atoms with Crippen LogP contribution in [0.1, 0.15) is 78.6 Å². The highest BCUT2D eigenvalue weighted by Gasteiger charge is 2.29. The van der Waals surface area contributed by atoms with Crippen molar-refractivity contribution >= 4 is 0 Å². The molecule has 0 aromatic rings. The van der Waals surface area contributed by atoms with Crippen molar-refractivity contribution in [2.75, 3.05) is 39.6 Å². The maximum Gasteiger partial charge on any atom is 0.183 e. The average Bonchev–Trinajstić information content (AvgIpc) is 2.56. The molecule has 0 saturated heterocycles. The van der Waals surface area contributed by atoms with Gasteiger partial charge >= 0.3 is 0 Å². The lowest BCUT2D eigenvalue weighted by molar-refractivity contribution is -0.949. The number of unbranched alkanes of at least 4 members (excludes halogenated alkanes) is 6. The first-order valence-electron chi connectivity index (χ1n) is 10.4. The average molecular weight is 398 g/mol. The van der Waals surface area contributed by atoms with Crippen LogP contribution in [0.5, 0.6) is 0 Å². The van der Waals surface area contributed by atoms with Gasteiger partial charge in [-0.3, -0.25) is 4.48 Å². The zero-order valence-electron chi connectivity index (χ0n) is 17.3. The number of ether oxygens (including phenoxy) is 1. The molecule has 3 N–H and O–H groups in total. The minimum atomic E-state index is -0.482. The van der Waals surface area contributed by atoms with Crippen LogP contribution in [0, 0.1) is 0 Å². The van der Waals surface area contributed by atoms with Gasteiger partial charge in [-0.1, -0.05) is 58.8 Å². The van der Waals surface area contributed by atoms with Crippen LogP contribution in [0.25, 0.3) is 0 Å². The highest BCUT2D eigenvalue weighted by Crippen LogP contribution is 2.16. The summed E-state index contributed by atoms with van der Waals surface area (Å²) < 4.78 is 6.56. The van der Waals surface area contributed by atoms with E-state index in [1.807, 2.05) is 0 Å². The molecule has 0 bridgehead atoms. The molecule has 6 heteroatoms. The Hall–Kier alpha value is 0.0900. The van der Waals surface area contributed by atoms with Crippen LogP contribution in [-0.2, 0) is 4.74 Å². The standard InChI is InChI=1S/C20H44NO4.ClH/c1-4-6-7-8-9-10-11-12-20(5-2)25-18-21(13-15-22,14-16-23)17-19(3)24;/h19-20,22-24H,4-18H2,1-3H3;1H/q+1;/p-1. The normalized spacial score (nSPS) is 14.1. The van der Waals surface area contributed by atoms with E-state index in [0.29, 0.717) is 30.8 Å². The molecule has 0 fully saturated rings. The van der Waals surface area contributed by atoms with E-state index >= 15 is 0 Å². The van der Waals surface area contributed by atoms with Gasteiger partial charge in [0.15, 0.2) is 6.73 Å². The number of halogens is 1. The lowest BCUT2D eigenvalue weighted by Gasteiger charge is -2.39. The third-order valence-corrected chi connectivity index (χ3v) is 4.97. The fourth-order valence-corrected chi connectivity index (χ4v) is 3.46. The maximum atomic E-state index is 9.79. The number of hydrogen-bond acceptors (Lipinski definition) is 4. The van der Waals surface area contributed by atoms with Crippen LogP contribution in [0.2, 0.25) is 0 Å².